The summed E-state index contributed by atoms with van der Waals surface area (Å²) in [7, 11) is 1.64. The number of hydrogen-bond acceptors (Lipinski definition) is 4. The molecule has 0 radical (unpaired) electrons. The molecule has 0 rings (SSSR count). The molecular weight excluding hydrogens is 426 g/mol. The van der Waals surface area contributed by atoms with E-state index < -0.39 is 0 Å². The third kappa shape index (κ3) is 27.6. The zero-order valence-corrected chi connectivity index (χ0v) is 21.3. The zero-order valence-electron chi connectivity index (χ0n) is 21.3. The van der Waals surface area contributed by atoms with Gasteiger partial charge in [0.15, 0.2) is 0 Å². The first-order chi connectivity index (χ1) is 16.8. The molecule has 0 aliphatic heterocycles. The second-order valence-electron chi connectivity index (χ2n) is 7.31. The molecule has 0 atom stereocenters. The van der Waals surface area contributed by atoms with E-state index in [1.165, 1.54) is 0 Å². The van der Waals surface area contributed by atoms with Gasteiger partial charge in [-0.3, -0.25) is 4.79 Å². The van der Waals surface area contributed by atoms with Gasteiger partial charge in [-0.05, 0) is 50.7 Å². The highest BCUT2D eigenvalue weighted by Gasteiger charge is 1.98. The Hall–Kier alpha value is -2.43. The van der Waals surface area contributed by atoms with Gasteiger partial charge >= 0.3 is 0 Å². The van der Waals surface area contributed by atoms with Gasteiger partial charge in [0.2, 0.25) is 5.91 Å². The molecule has 34 heavy (non-hydrogen) atoms. The zero-order chi connectivity index (χ0) is 24.8. The van der Waals surface area contributed by atoms with Crippen molar-refractivity contribution in [1.82, 2.24) is 5.32 Å². The predicted molar refractivity (Wildman–Crippen MR) is 143 cm³/mol. The van der Waals surface area contributed by atoms with Crippen LogP contribution in [0.3, 0.4) is 0 Å². The number of carbonyl (C=O) groups is 1. The van der Waals surface area contributed by atoms with E-state index in [9.17, 15) is 4.79 Å². The SMILES string of the molecule is CC/C=C\C=C=CC/C=C\C/C=C\C/C=C\C/C=C\CCC(=O)NCCOCCOCCOC. The summed E-state index contributed by atoms with van der Waals surface area (Å²) in [6, 6.07) is 0. The van der Waals surface area contributed by atoms with Gasteiger partial charge in [-0.1, -0.05) is 67.7 Å². The van der Waals surface area contributed by atoms with Crippen LogP contribution < -0.4 is 5.32 Å². The fraction of sp³-hybridized carbons (Fsp3) is 0.517. The first kappa shape index (κ1) is 31.6. The monoisotopic (exact) mass is 471 g/mol. The van der Waals surface area contributed by atoms with E-state index >= 15 is 0 Å². The van der Waals surface area contributed by atoms with Crippen LogP contribution in [0.4, 0.5) is 0 Å². The first-order valence-electron chi connectivity index (χ1n) is 12.4. The lowest BCUT2D eigenvalue weighted by Gasteiger charge is -2.06. The number of ether oxygens (including phenoxy) is 3. The van der Waals surface area contributed by atoms with Gasteiger partial charge in [0.1, 0.15) is 0 Å². The molecule has 0 aliphatic carbocycles. The molecule has 5 nitrogen and oxygen atoms in total. The molecule has 0 spiro atoms. The van der Waals surface area contributed by atoms with Gasteiger partial charge in [0, 0.05) is 20.1 Å². The summed E-state index contributed by atoms with van der Waals surface area (Å²) in [5.74, 6) is 0.0518. The highest BCUT2D eigenvalue weighted by molar-refractivity contribution is 5.75. The van der Waals surface area contributed by atoms with Crippen molar-refractivity contribution in [3.8, 4) is 0 Å². The summed E-state index contributed by atoms with van der Waals surface area (Å²) in [5.41, 5.74) is 3.14. The van der Waals surface area contributed by atoms with Crippen LogP contribution in [0.2, 0.25) is 0 Å². The summed E-state index contributed by atoms with van der Waals surface area (Å²) >= 11 is 0. The highest BCUT2D eigenvalue weighted by atomic mass is 16.5. The number of allylic oxidation sites excluding steroid dienone is 11. The highest BCUT2D eigenvalue weighted by Crippen LogP contribution is 1.97. The lowest BCUT2D eigenvalue weighted by molar-refractivity contribution is -0.121. The lowest BCUT2D eigenvalue weighted by atomic mass is 10.2. The molecule has 0 aromatic heterocycles. The number of carbonyl (C=O) groups excluding carboxylic acids is 1. The van der Waals surface area contributed by atoms with Crippen molar-refractivity contribution in [2.75, 3.05) is 46.7 Å². The normalized spacial score (nSPS) is 11.9. The van der Waals surface area contributed by atoms with Crippen LogP contribution in [-0.4, -0.2) is 52.6 Å². The number of methoxy groups -OCH3 is 1. The molecule has 0 aromatic carbocycles. The van der Waals surface area contributed by atoms with Crippen molar-refractivity contribution in [2.24, 2.45) is 0 Å². The topological polar surface area (TPSA) is 56.8 Å². The van der Waals surface area contributed by atoms with Crippen LogP contribution in [0.15, 0.2) is 78.6 Å². The number of nitrogens with one attached hydrogen (secondary N) is 1. The van der Waals surface area contributed by atoms with E-state index in [0.29, 0.717) is 46.0 Å². The Morgan fingerprint density at radius 2 is 1.35 bits per heavy atom. The van der Waals surface area contributed by atoms with Gasteiger partial charge in [-0.2, -0.15) is 0 Å². The van der Waals surface area contributed by atoms with Crippen molar-refractivity contribution in [1.29, 1.82) is 0 Å². The fourth-order valence-electron chi connectivity index (χ4n) is 2.52. The van der Waals surface area contributed by atoms with Crippen molar-refractivity contribution in [2.45, 2.75) is 51.9 Å². The second kappa shape index (κ2) is 28.6. The van der Waals surface area contributed by atoms with Crippen molar-refractivity contribution >= 4 is 5.91 Å². The molecule has 0 aliphatic rings. The average molecular weight is 472 g/mol. The van der Waals surface area contributed by atoms with Crippen LogP contribution in [0.1, 0.15) is 51.9 Å². The largest absolute Gasteiger partial charge is 0.382 e. The van der Waals surface area contributed by atoms with Gasteiger partial charge < -0.3 is 19.5 Å². The maximum absolute atomic E-state index is 11.8. The summed E-state index contributed by atoms with van der Waals surface area (Å²) in [4.78, 5) is 11.8. The maximum atomic E-state index is 11.8. The van der Waals surface area contributed by atoms with E-state index in [-0.39, 0.29) is 5.91 Å². The maximum Gasteiger partial charge on any atom is 0.220 e. The molecule has 0 saturated heterocycles. The standard InChI is InChI=1S/C29H45NO4/c1-3-4-5-6-7-8-9-10-11-12-13-14-15-16-17-18-19-20-21-22-29(31)30-23-24-33-27-28-34-26-25-32-2/h4-6,8,10-11,13-14,16-17,19-20H,3,9,12,15,18,21-28H2,1-2H3,(H,30,31)/b5-4-,11-10-,14-13-,17-16-,20-19-. The van der Waals surface area contributed by atoms with E-state index in [1.54, 1.807) is 7.11 Å². The summed E-state index contributed by atoms with van der Waals surface area (Å²) in [6.07, 6.45) is 31.3. The minimum absolute atomic E-state index is 0.0518. The second-order valence-corrected chi connectivity index (χ2v) is 7.31. The third-order valence-corrected chi connectivity index (χ3v) is 4.33. The molecule has 1 amide bonds. The average Bonchev–Trinajstić information content (AvgIpc) is 2.84. The number of amides is 1. The van der Waals surface area contributed by atoms with Crippen molar-refractivity contribution in [3.63, 3.8) is 0 Å². The third-order valence-electron chi connectivity index (χ3n) is 4.33. The van der Waals surface area contributed by atoms with Crippen molar-refractivity contribution in [3.05, 3.63) is 78.6 Å². The Morgan fingerprint density at radius 3 is 2.00 bits per heavy atom. The molecule has 1 N–H and O–H groups in total. The fourth-order valence-corrected chi connectivity index (χ4v) is 2.52. The van der Waals surface area contributed by atoms with Crippen LogP contribution in [0, 0.1) is 0 Å². The van der Waals surface area contributed by atoms with E-state index in [2.05, 4.69) is 72.7 Å². The lowest BCUT2D eigenvalue weighted by Crippen LogP contribution is -2.27. The Balaban J connectivity index is 3.53. The molecule has 0 saturated carbocycles. The van der Waals surface area contributed by atoms with E-state index in [4.69, 9.17) is 14.2 Å². The van der Waals surface area contributed by atoms with Crippen LogP contribution in [-0.2, 0) is 19.0 Å². The summed E-state index contributed by atoms with van der Waals surface area (Å²) in [6.45, 7) is 5.37. The summed E-state index contributed by atoms with van der Waals surface area (Å²) in [5, 5.41) is 2.86. The van der Waals surface area contributed by atoms with Gasteiger partial charge in [-0.15, -0.1) is 5.73 Å². The summed E-state index contributed by atoms with van der Waals surface area (Å²) < 4.78 is 15.6. The van der Waals surface area contributed by atoms with Gasteiger partial charge in [0.25, 0.3) is 0 Å². The first-order valence-corrected chi connectivity index (χ1v) is 12.4. The molecule has 0 fully saturated rings. The Kier molecular flexibility index (Phi) is 26.6. The van der Waals surface area contributed by atoms with Crippen molar-refractivity contribution < 1.29 is 19.0 Å². The van der Waals surface area contributed by atoms with E-state index in [0.717, 1.165) is 38.5 Å². The number of hydrogen-bond donors (Lipinski definition) is 1. The Bertz CT molecular complexity index is 668. The minimum atomic E-state index is 0.0518. The Labute approximate surface area is 207 Å². The molecule has 5 heteroatoms. The molecule has 190 valence electrons. The Morgan fingerprint density at radius 1 is 0.765 bits per heavy atom. The molecule has 0 bridgehead atoms. The predicted octanol–water partition coefficient (Wildman–Crippen LogP) is 6.03. The quantitative estimate of drug-likeness (QED) is 0.0907. The van der Waals surface area contributed by atoms with Crippen LogP contribution in [0.5, 0.6) is 0 Å². The van der Waals surface area contributed by atoms with Crippen LogP contribution in [0.25, 0.3) is 0 Å². The van der Waals surface area contributed by atoms with Gasteiger partial charge in [-0.25, -0.2) is 0 Å². The smallest absolute Gasteiger partial charge is 0.220 e. The van der Waals surface area contributed by atoms with Crippen LogP contribution >= 0.6 is 0 Å². The molecule has 0 aromatic rings. The molecule has 0 heterocycles. The minimum Gasteiger partial charge on any atom is -0.382 e. The number of rotatable bonds is 22. The van der Waals surface area contributed by atoms with E-state index in [1.807, 2.05) is 18.2 Å². The molecule has 0 unspecified atom stereocenters. The molecular formula is C29H45NO4. The van der Waals surface area contributed by atoms with Gasteiger partial charge in [0.05, 0.1) is 33.0 Å².